The zero-order chi connectivity index (χ0) is 7.98. The maximum Gasteiger partial charge on any atom is 0.407 e. The summed E-state index contributed by atoms with van der Waals surface area (Å²) in [6.45, 7) is 4.04. The molecule has 3 heteroatoms. The molecule has 60 valence electrons. The lowest BCUT2D eigenvalue weighted by Crippen LogP contribution is -2.32. The Bertz CT molecular complexity index is 104. The maximum atomic E-state index is 10.6. The van der Waals surface area contributed by atoms with Crippen LogP contribution in [0.25, 0.3) is 0 Å². The molecule has 0 rings (SSSR count). The van der Waals surface area contributed by atoms with Crippen molar-refractivity contribution in [3.05, 3.63) is 0 Å². The first kappa shape index (κ1) is 9.27. The van der Waals surface area contributed by atoms with E-state index in [1.165, 1.54) is 7.11 Å². The lowest BCUT2D eigenvalue weighted by molar-refractivity contribution is 0.167. The van der Waals surface area contributed by atoms with Crippen molar-refractivity contribution in [2.24, 2.45) is 0 Å². The highest BCUT2D eigenvalue weighted by atomic mass is 16.5. The summed E-state index contributed by atoms with van der Waals surface area (Å²) >= 11 is 0. The van der Waals surface area contributed by atoms with Gasteiger partial charge in [0.25, 0.3) is 0 Å². The van der Waals surface area contributed by atoms with Crippen LogP contribution in [0.2, 0.25) is 0 Å². The molecule has 0 aromatic carbocycles. The molecule has 1 atom stereocenters. The summed E-state index contributed by atoms with van der Waals surface area (Å²) in [5, 5.41) is 2.67. The first-order valence-electron chi connectivity index (χ1n) is 3.55. The van der Waals surface area contributed by atoms with Gasteiger partial charge in [0.15, 0.2) is 0 Å². The van der Waals surface area contributed by atoms with Gasteiger partial charge in [-0.2, -0.15) is 0 Å². The number of methoxy groups -OCH3 is 1. The molecule has 0 aliphatic rings. The van der Waals surface area contributed by atoms with E-state index in [1.54, 1.807) is 0 Å². The largest absolute Gasteiger partial charge is 0.453 e. The number of amides is 1. The van der Waals surface area contributed by atoms with Gasteiger partial charge in [0.1, 0.15) is 0 Å². The van der Waals surface area contributed by atoms with Crippen molar-refractivity contribution in [3.8, 4) is 0 Å². The van der Waals surface area contributed by atoms with E-state index in [0.29, 0.717) is 0 Å². The molecule has 0 bridgehead atoms. The molecule has 0 aliphatic carbocycles. The highest BCUT2D eigenvalue weighted by molar-refractivity contribution is 5.67. The number of carbonyl (C=O) groups is 1. The topological polar surface area (TPSA) is 38.3 Å². The number of alkyl carbamates (subject to hydrolysis) is 1. The summed E-state index contributed by atoms with van der Waals surface area (Å²) in [6.07, 6.45) is 1.72. The van der Waals surface area contributed by atoms with Crippen LogP contribution >= 0.6 is 0 Å². The Morgan fingerprint density at radius 1 is 1.70 bits per heavy atom. The SMILES string of the molecule is CCC[C@@H](C)NC(=O)OC. The predicted molar refractivity (Wildman–Crippen MR) is 39.9 cm³/mol. The fourth-order valence-corrected chi connectivity index (χ4v) is 0.765. The molecule has 1 N–H and O–H groups in total. The second kappa shape index (κ2) is 5.09. The molecule has 0 heterocycles. The molecule has 0 radical (unpaired) electrons. The number of ether oxygens (including phenoxy) is 1. The lowest BCUT2D eigenvalue weighted by Gasteiger charge is -2.10. The Balaban J connectivity index is 3.37. The third kappa shape index (κ3) is 4.18. The molecule has 0 unspecified atom stereocenters. The van der Waals surface area contributed by atoms with E-state index in [4.69, 9.17) is 0 Å². The molecule has 0 aromatic heterocycles. The summed E-state index contributed by atoms with van der Waals surface area (Å²) in [4.78, 5) is 10.6. The summed E-state index contributed by atoms with van der Waals surface area (Å²) in [7, 11) is 1.37. The average Bonchev–Trinajstić information content (AvgIpc) is 1.88. The minimum Gasteiger partial charge on any atom is -0.453 e. The van der Waals surface area contributed by atoms with E-state index in [-0.39, 0.29) is 12.1 Å². The lowest BCUT2D eigenvalue weighted by atomic mass is 10.2. The average molecular weight is 145 g/mol. The summed E-state index contributed by atoms with van der Waals surface area (Å²) < 4.78 is 4.42. The fraction of sp³-hybridized carbons (Fsp3) is 0.857. The van der Waals surface area contributed by atoms with Crippen LogP contribution in [0, 0.1) is 0 Å². The fourth-order valence-electron chi connectivity index (χ4n) is 0.765. The van der Waals surface area contributed by atoms with Gasteiger partial charge in [0, 0.05) is 6.04 Å². The number of rotatable bonds is 3. The Morgan fingerprint density at radius 2 is 2.30 bits per heavy atom. The predicted octanol–water partition coefficient (Wildman–Crippen LogP) is 1.53. The third-order valence-corrected chi connectivity index (χ3v) is 1.27. The van der Waals surface area contributed by atoms with Gasteiger partial charge >= 0.3 is 6.09 Å². The summed E-state index contributed by atoms with van der Waals surface area (Å²) in [6, 6.07) is 0.220. The van der Waals surface area contributed by atoms with Crippen molar-refractivity contribution in [3.63, 3.8) is 0 Å². The highest BCUT2D eigenvalue weighted by Gasteiger charge is 2.03. The molecular weight excluding hydrogens is 130 g/mol. The van der Waals surface area contributed by atoms with Gasteiger partial charge < -0.3 is 10.1 Å². The molecule has 0 fully saturated rings. The quantitative estimate of drug-likeness (QED) is 0.654. The van der Waals surface area contributed by atoms with Crippen molar-refractivity contribution >= 4 is 6.09 Å². The van der Waals surface area contributed by atoms with Crippen molar-refractivity contribution in [2.75, 3.05) is 7.11 Å². The van der Waals surface area contributed by atoms with Crippen molar-refractivity contribution in [1.29, 1.82) is 0 Å². The van der Waals surface area contributed by atoms with E-state index < -0.39 is 0 Å². The molecular formula is C7H15NO2. The first-order chi connectivity index (χ1) is 4.70. The van der Waals surface area contributed by atoms with Gasteiger partial charge in [-0.15, -0.1) is 0 Å². The van der Waals surface area contributed by atoms with Crippen LogP contribution in [0.3, 0.4) is 0 Å². The van der Waals surface area contributed by atoms with E-state index in [1.807, 2.05) is 6.92 Å². The van der Waals surface area contributed by atoms with Crippen molar-refractivity contribution in [1.82, 2.24) is 5.32 Å². The molecule has 10 heavy (non-hydrogen) atoms. The number of hydrogen-bond acceptors (Lipinski definition) is 2. The van der Waals surface area contributed by atoms with Gasteiger partial charge in [-0.25, -0.2) is 4.79 Å². The van der Waals surface area contributed by atoms with E-state index in [9.17, 15) is 4.79 Å². The van der Waals surface area contributed by atoms with Crippen molar-refractivity contribution in [2.45, 2.75) is 32.7 Å². The van der Waals surface area contributed by atoms with Crippen LogP contribution in [-0.4, -0.2) is 19.2 Å². The second-order valence-electron chi connectivity index (χ2n) is 2.33. The zero-order valence-corrected chi connectivity index (χ0v) is 6.81. The van der Waals surface area contributed by atoms with E-state index >= 15 is 0 Å². The molecule has 3 nitrogen and oxygen atoms in total. The normalized spacial score (nSPS) is 12.3. The third-order valence-electron chi connectivity index (χ3n) is 1.27. The molecule has 0 spiro atoms. The number of nitrogens with one attached hydrogen (secondary N) is 1. The Hall–Kier alpha value is -0.730. The van der Waals surface area contributed by atoms with Gasteiger partial charge in [0.05, 0.1) is 7.11 Å². The summed E-state index contributed by atoms with van der Waals surface area (Å²) in [5.41, 5.74) is 0. The molecule has 1 amide bonds. The molecule has 0 aliphatic heterocycles. The van der Waals surface area contributed by atoms with E-state index in [2.05, 4.69) is 17.0 Å². The smallest absolute Gasteiger partial charge is 0.407 e. The van der Waals surface area contributed by atoms with Crippen LogP contribution in [0.5, 0.6) is 0 Å². The van der Waals surface area contributed by atoms with Gasteiger partial charge in [-0.3, -0.25) is 0 Å². The molecule has 0 saturated carbocycles. The Kier molecular flexibility index (Phi) is 4.72. The van der Waals surface area contributed by atoms with Gasteiger partial charge in [-0.05, 0) is 13.3 Å². The van der Waals surface area contributed by atoms with Crippen molar-refractivity contribution < 1.29 is 9.53 Å². The monoisotopic (exact) mass is 145 g/mol. The molecule has 0 saturated heterocycles. The molecule has 0 aromatic rings. The maximum absolute atomic E-state index is 10.6. The van der Waals surface area contributed by atoms with Crippen LogP contribution < -0.4 is 5.32 Å². The zero-order valence-electron chi connectivity index (χ0n) is 6.81. The van der Waals surface area contributed by atoms with Crippen LogP contribution in [0.15, 0.2) is 0 Å². The van der Waals surface area contributed by atoms with Crippen LogP contribution in [-0.2, 0) is 4.74 Å². The van der Waals surface area contributed by atoms with Crippen LogP contribution in [0.1, 0.15) is 26.7 Å². The first-order valence-corrected chi connectivity index (χ1v) is 3.55. The van der Waals surface area contributed by atoms with Gasteiger partial charge in [-0.1, -0.05) is 13.3 Å². The summed E-state index contributed by atoms with van der Waals surface area (Å²) in [5.74, 6) is 0. The Morgan fingerprint density at radius 3 is 2.70 bits per heavy atom. The Labute approximate surface area is 61.8 Å². The number of carbonyl (C=O) groups excluding carboxylic acids is 1. The van der Waals surface area contributed by atoms with Gasteiger partial charge in [0.2, 0.25) is 0 Å². The minimum absolute atomic E-state index is 0.220. The van der Waals surface area contributed by atoms with Crippen LogP contribution in [0.4, 0.5) is 4.79 Å². The highest BCUT2D eigenvalue weighted by Crippen LogP contribution is 1.94. The second-order valence-corrected chi connectivity index (χ2v) is 2.33. The van der Waals surface area contributed by atoms with E-state index in [0.717, 1.165) is 12.8 Å². The number of hydrogen-bond donors (Lipinski definition) is 1. The minimum atomic E-state index is -0.346. The standard InChI is InChI=1S/C7H15NO2/c1-4-5-6(2)8-7(9)10-3/h6H,4-5H2,1-3H3,(H,8,9)/t6-/m1/s1.